The van der Waals surface area contributed by atoms with Crippen molar-refractivity contribution in [2.45, 2.75) is 52.6 Å². The van der Waals surface area contributed by atoms with Gasteiger partial charge in [0, 0.05) is 41.0 Å². The lowest BCUT2D eigenvalue weighted by Crippen LogP contribution is -2.31. The maximum atomic E-state index is 13.3. The summed E-state index contributed by atoms with van der Waals surface area (Å²) < 4.78 is 5.65. The fourth-order valence-electron chi connectivity index (χ4n) is 3.93. The zero-order chi connectivity index (χ0) is 24.3. The molecule has 1 aliphatic rings. The Morgan fingerprint density at radius 1 is 1.27 bits per heavy atom. The third-order valence-electron chi connectivity index (χ3n) is 5.64. The number of carbonyl (C=O) groups excluding carboxylic acids is 1. The van der Waals surface area contributed by atoms with Crippen LogP contribution < -0.4 is 10.1 Å². The predicted molar refractivity (Wildman–Crippen MR) is 126 cm³/mol. The molecule has 0 atom stereocenters. The fraction of sp³-hybridized carbons (Fsp3) is 0.440. The molecule has 0 saturated heterocycles. The number of aryl methyl sites for hydroxylation is 1. The van der Waals surface area contributed by atoms with Gasteiger partial charge >= 0.3 is 5.97 Å². The van der Waals surface area contributed by atoms with E-state index in [1.807, 2.05) is 39.8 Å². The number of carboxylic acid groups (broad SMARTS) is 1. The maximum absolute atomic E-state index is 13.3. The van der Waals surface area contributed by atoms with Gasteiger partial charge in [-0.05, 0) is 37.1 Å². The number of carbonyl (C=O) groups is 2. The molecule has 0 amide bonds. The lowest BCUT2D eigenvalue weighted by molar-refractivity contribution is -0.139. The molecular formula is C25H32N4O4. The molecule has 3 N–H and O–H groups in total. The van der Waals surface area contributed by atoms with Crippen molar-refractivity contribution >= 4 is 17.6 Å². The van der Waals surface area contributed by atoms with E-state index < -0.39 is 12.6 Å². The summed E-state index contributed by atoms with van der Waals surface area (Å²) >= 11 is 0. The smallest absolute Gasteiger partial charge is 0.341 e. The first kappa shape index (κ1) is 24.4. The quantitative estimate of drug-likeness (QED) is 0.501. The van der Waals surface area contributed by atoms with Gasteiger partial charge in [-0.3, -0.25) is 10.2 Å². The molecule has 1 aliphatic heterocycles. The van der Waals surface area contributed by atoms with E-state index in [4.69, 9.17) is 15.3 Å². The number of ether oxygens (including phenoxy) is 1. The number of Topliss-reactive ketones (excluding diaryl/α,β-unsaturated/α-hetero) is 1. The Balaban J connectivity index is 1.92. The van der Waals surface area contributed by atoms with E-state index in [1.165, 1.54) is 0 Å². The maximum Gasteiger partial charge on any atom is 0.341 e. The van der Waals surface area contributed by atoms with Crippen LogP contribution in [0.4, 0.5) is 0 Å². The van der Waals surface area contributed by atoms with Gasteiger partial charge in [-0.15, -0.1) is 0 Å². The number of carboxylic acids is 1. The molecule has 0 aliphatic carbocycles. The van der Waals surface area contributed by atoms with Crippen molar-refractivity contribution < 1.29 is 19.4 Å². The van der Waals surface area contributed by atoms with E-state index in [1.54, 1.807) is 24.1 Å². The summed E-state index contributed by atoms with van der Waals surface area (Å²) in [7, 11) is 1.78. The third kappa shape index (κ3) is 5.39. The normalized spacial score (nSPS) is 13.2. The largest absolute Gasteiger partial charge is 0.481 e. The lowest BCUT2D eigenvalue weighted by atomic mass is 9.83. The monoisotopic (exact) mass is 452 g/mol. The van der Waals surface area contributed by atoms with Crippen molar-refractivity contribution in [3.63, 3.8) is 0 Å². The van der Waals surface area contributed by atoms with Crippen LogP contribution >= 0.6 is 0 Å². The predicted octanol–water partition coefficient (Wildman–Crippen LogP) is 3.15. The number of nitrogens with one attached hydrogen (secondary N) is 2. The number of pyridine rings is 1. The topological polar surface area (TPSA) is 116 Å². The van der Waals surface area contributed by atoms with Gasteiger partial charge in [-0.25, -0.2) is 9.78 Å². The SMILES string of the molecule is CCc1ccc2c(n1)C(=N)N(CC(=O)c1cc(CNC)c(OCC(=O)O)c(C(C)(C)C)c1)C2. The van der Waals surface area contributed by atoms with E-state index in [9.17, 15) is 9.59 Å². The molecule has 0 fully saturated rings. The van der Waals surface area contributed by atoms with Crippen molar-refractivity contribution in [1.29, 1.82) is 5.41 Å². The highest BCUT2D eigenvalue weighted by molar-refractivity contribution is 6.04. The minimum absolute atomic E-state index is 0.0640. The molecule has 0 bridgehead atoms. The Morgan fingerprint density at radius 2 is 2.00 bits per heavy atom. The van der Waals surface area contributed by atoms with Crippen molar-refractivity contribution in [3.05, 3.63) is 57.9 Å². The van der Waals surface area contributed by atoms with Gasteiger partial charge < -0.3 is 20.1 Å². The molecule has 1 aromatic heterocycles. The molecule has 0 spiro atoms. The standard InChI is InChI=1S/C25H32N4O4/c1-6-18-8-7-15-12-29(24(26)22(15)28-18)13-20(30)16-9-17(11-27-5)23(33-14-21(31)32)19(10-16)25(2,3)4/h7-10,26-27H,6,11-14H2,1-5H3,(H,31,32). The van der Waals surface area contributed by atoms with E-state index in [2.05, 4.69) is 10.3 Å². The summed E-state index contributed by atoms with van der Waals surface area (Å²) in [4.78, 5) is 30.7. The van der Waals surface area contributed by atoms with Gasteiger partial charge in [0.25, 0.3) is 0 Å². The molecule has 8 heteroatoms. The molecular weight excluding hydrogens is 420 g/mol. The number of aliphatic carboxylic acids is 1. The van der Waals surface area contributed by atoms with Crippen molar-refractivity contribution in [1.82, 2.24) is 15.2 Å². The van der Waals surface area contributed by atoms with Crippen LogP contribution in [0.25, 0.3) is 0 Å². The fourth-order valence-corrected chi connectivity index (χ4v) is 3.93. The Hall–Kier alpha value is -3.26. The second kappa shape index (κ2) is 9.70. The first-order valence-electron chi connectivity index (χ1n) is 11.1. The molecule has 2 heterocycles. The van der Waals surface area contributed by atoms with E-state index >= 15 is 0 Å². The zero-order valence-corrected chi connectivity index (χ0v) is 19.9. The zero-order valence-electron chi connectivity index (χ0n) is 19.9. The Morgan fingerprint density at radius 3 is 2.61 bits per heavy atom. The van der Waals surface area contributed by atoms with Gasteiger partial charge in [0.1, 0.15) is 17.3 Å². The van der Waals surface area contributed by atoms with E-state index in [0.717, 1.165) is 28.8 Å². The molecule has 1 aromatic carbocycles. The number of hydrogen-bond acceptors (Lipinski definition) is 6. The van der Waals surface area contributed by atoms with Gasteiger partial charge in [0.15, 0.2) is 12.4 Å². The van der Waals surface area contributed by atoms with E-state index in [-0.39, 0.29) is 23.6 Å². The van der Waals surface area contributed by atoms with Gasteiger partial charge in [-0.1, -0.05) is 33.8 Å². The molecule has 176 valence electrons. The Bertz CT molecular complexity index is 1090. The Kier molecular flexibility index (Phi) is 7.17. The van der Waals surface area contributed by atoms with Crippen LogP contribution in [0.5, 0.6) is 5.75 Å². The minimum Gasteiger partial charge on any atom is -0.481 e. The first-order chi connectivity index (χ1) is 15.5. The van der Waals surface area contributed by atoms with Crippen LogP contribution in [0.2, 0.25) is 0 Å². The highest BCUT2D eigenvalue weighted by Crippen LogP contribution is 2.36. The van der Waals surface area contributed by atoms with Crippen molar-refractivity contribution in [2.75, 3.05) is 20.2 Å². The summed E-state index contributed by atoms with van der Waals surface area (Å²) in [6.45, 7) is 8.52. The van der Waals surface area contributed by atoms with Crippen LogP contribution in [-0.2, 0) is 29.7 Å². The van der Waals surface area contributed by atoms with Crippen molar-refractivity contribution in [3.8, 4) is 5.75 Å². The molecule has 0 unspecified atom stereocenters. The number of fused-ring (bicyclic) bond motifs is 1. The number of benzene rings is 1. The molecule has 8 nitrogen and oxygen atoms in total. The average molecular weight is 453 g/mol. The van der Waals surface area contributed by atoms with Crippen LogP contribution in [-0.4, -0.2) is 52.8 Å². The number of amidine groups is 1. The summed E-state index contributed by atoms with van der Waals surface area (Å²) in [5.74, 6) is -0.414. The second-order valence-corrected chi connectivity index (χ2v) is 9.27. The number of ketones is 1. The van der Waals surface area contributed by atoms with Gasteiger partial charge in [0.2, 0.25) is 0 Å². The lowest BCUT2D eigenvalue weighted by Gasteiger charge is -2.26. The van der Waals surface area contributed by atoms with Crippen LogP contribution in [0.3, 0.4) is 0 Å². The third-order valence-corrected chi connectivity index (χ3v) is 5.64. The molecule has 2 aromatic rings. The highest BCUT2D eigenvalue weighted by atomic mass is 16.5. The van der Waals surface area contributed by atoms with E-state index in [0.29, 0.717) is 30.1 Å². The molecule has 0 radical (unpaired) electrons. The molecule has 0 saturated carbocycles. The van der Waals surface area contributed by atoms with Crippen LogP contribution in [0.1, 0.15) is 66.1 Å². The van der Waals surface area contributed by atoms with Crippen LogP contribution in [0, 0.1) is 5.41 Å². The Labute approximate surface area is 194 Å². The summed E-state index contributed by atoms with van der Waals surface area (Å²) in [6.07, 6.45) is 0.791. The molecule has 33 heavy (non-hydrogen) atoms. The summed E-state index contributed by atoms with van der Waals surface area (Å²) in [5.41, 5.74) is 4.16. The van der Waals surface area contributed by atoms with Gasteiger partial charge in [0.05, 0.1) is 6.54 Å². The van der Waals surface area contributed by atoms with Gasteiger partial charge in [-0.2, -0.15) is 0 Å². The minimum atomic E-state index is -1.06. The first-order valence-corrected chi connectivity index (χ1v) is 11.1. The number of nitrogens with zero attached hydrogens (tertiary/aromatic N) is 2. The number of rotatable bonds is 9. The highest BCUT2D eigenvalue weighted by Gasteiger charge is 2.29. The van der Waals surface area contributed by atoms with Crippen molar-refractivity contribution in [2.24, 2.45) is 0 Å². The second-order valence-electron chi connectivity index (χ2n) is 9.27. The number of aromatic nitrogens is 1. The molecule has 3 rings (SSSR count). The summed E-state index contributed by atoms with van der Waals surface area (Å²) in [5, 5.41) is 20.7. The average Bonchev–Trinajstić information content (AvgIpc) is 3.06. The number of hydrogen-bond donors (Lipinski definition) is 3. The van der Waals surface area contributed by atoms with Crippen LogP contribution in [0.15, 0.2) is 24.3 Å². The summed E-state index contributed by atoms with van der Waals surface area (Å²) in [6, 6.07) is 7.49.